The minimum atomic E-state index is -0.264. The smallest absolute Gasteiger partial charge is 0.323 e. The molecule has 21 heavy (non-hydrogen) atoms. The van der Waals surface area contributed by atoms with Crippen LogP contribution in [-0.2, 0) is 0 Å². The normalized spacial score (nSPS) is 14.8. The van der Waals surface area contributed by atoms with Gasteiger partial charge in [-0.05, 0) is 19.8 Å². The molecule has 0 aromatic carbocycles. The van der Waals surface area contributed by atoms with Crippen LogP contribution in [0.1, 0.15) is 40.0 Å². The van der Waals surface area contributed by atoms with Gasteiger partial charge in [0.2, 0.25) is 11.9 Å². The van der Waals surface area contributed by atoms with Crippen molar-refractivity contribution in [1.29, 1.82) is 0 Å². The summed E-state index contributed by atoms with van der Waals surface area (Å²) in [5.41, 5.74) is -0.264. The van der Waals surface area contributed by atoms with Gasteiger partial charge in [0.25, 0.3) is 0 Å². The molecule has 0 unspecified atom stereocenters. The summed E-state index contributed by atoms with van der Waals surface area (Å²) in [5, 5.41) is 14.2. The molecule has 0 bridgehead atoms. The Morgan fingerprint density at radius 1 is 0.952 bits per heavy atom. The molecule has 1 aliphatic rings. The first-order chi connectivity index (χ1) is 10.1. The van der Waals surface area contributed by atoms with E-state index in [0.29, 0.717) is 24.5 Å². The zero-order valence-electron chi connectivity index (χ0n) is 12.9. The van der Waals surface area contributed by atoms with Crippen LogP contribution in [0.15, 0.2) is 10.2 Å². The predicted molar refractivity (Wildman–Crippen MR) is 80.8 cm³/mol. The van der Waals surface area contributed by atoms with E-state index >= 15 is 0 Å². The van der Waals surface area contributed by atoms with Crippen molar-refractivity contribution in [3.63, 3.8) is 0 Å². The number of aromatic nitrogens is 3. The minimum absolute atomic E-state index is 0.264. The van der Waals surface area contributed by atoms with E-state index in [9.17, 15) is 0 Å². The van der Waals surface area contributed by atoms with Crippen LogP contribution in [0.5, 0.6) is 6.01 Å². The second-order valence-electron chi connectivity index (χ2n) is 5.13. The number of hydrogen-bond donors (Lipinski definition) is 2. The molecule has 2 rings (SSSR count). The van der Waals surface area contributed by atoms with E-state index in [1.807, 2.05) is 6.92 Å². The Morgan fingerprint density at radius 2 is 1.52 bits per heavy atom. The van der Waals surface area contributed by atoms with Crippen molar-refractivity contribution in [2.45, 2.75) is 45.7 Å². The number of ether oxygens (including phenoxy) is 1. The summed E-state index contributed by atoms with van der Waals surface area (Å²) in [6.45, 7) is 8.25. The fourth-order valence-electron chi connectivity index (χ4n) is 1.57. The third-order valence-electron chi connectivity index (χ3n) is 2.93. The van der Waals surface area contributed by atoms with Crippen LogP contribution in [0, 0.1) is 0 Å². The van der Waals surface area contributed by atoms with Gasteiger partial charge in [-0.25, -0.2) is 0 Å². The van der Waals surface area contributed by atoms with Crippen LogP contribution in [0.2, 0.25) is 0 Å². The van der Waals surface area contributed by atoms with Crippen molar-refractivity contribution in [3.8, 4) is 6.01 Å². The van der Waals surface area contributed by atoms with Crippen molar-refractivity contribution < 1.29 is 4.74 Å². The zero-order valence-corrected chi connectivity index (χ0v) is 12.9. The Labute approximate surface area is 124 Å². The average molecular weight is 293 g/mol. The van der Waals surface area contributed by atoms with E-state index in [2.05, 4.69) is 49.7 Å². The minimum Gasteiger partial charge on any atom is -0.463 e. The van der Waals surface area contributed by atoms with E-state index in [-0.39, 0.29) is 5.66 Å². The van der Waals surface area contributed by atoms with Gasteiger partial charge in [-0.1, -0.05) is 13.8 Å². The highest BCUT2D eigenvalue weighted by atomic mass is 16.5. The lowest BCUT2D eigenvalue weighted by molar-refractivity contribution is 0.271. The van der Waals surface area contributed by atoms with Gasteiger partial charge in [-0.15, -0.1) is 0 Å². The standard InChI is InChI=1S/C13H23N7O/c1-4-7-14-10-16-11(15-8-5-2)18-12(17-10)21-9-6-13(3)19-20-13/h4-9H2,1-3H3,(H2,14,15,16,17,18). The highest BCUT2D eigenvalue weighted by molar-refractivity contribution is 5.35. The summed E-state index contributed by atoms with van der Waals surface area (Å²) >= 11 is 0. The maximum atomic E-state index is 5.60. The fraction of sp³-hybridized carbons (Fsp3) is 0.769. The first-order valence-electron chi connectivity index (χ1n) is 7.46. The van der Waals surface area contributed by atoms with Gasteiger partial charge >= 0.3 is 6.01 Å². The van der Waals surface area contributed by atoms with Crippen molar-refractivity contribution >= 4 is 11.9 Å². The summed E-state index contributed by atoms with van der Waals surface area (Å²) in [7, 11) is 0. The van der Waals surface area contributed by atoms with Gasteiger partial charge in [0.1, 0.15) is 0 Å². The largest absolute Gasteiger partial charge is 0.463 e. The summed E-state index contributed by atoms with van der Waals surface area (Å²) < 4.78 is 5.60. The second kappa shape index (κ2) is 7.14. The molecule has 0 amide bonds. The quantitative estimate of drug-likeness (QED) is 0.688. The number of hydrogen-bond acceptors (Lipinski definition) is 8. The Balaban J connectivity index is 1.95. The van der Waals surface area contributed by atoms with E-state index < -0.39 is 0 Å². The molecule has 116 valence electrons. The SMILES string of the molecule is CCCNc1nc(NCCC)nc(OCCC2(C)N=N2)n1. The lowest BCUT2D eigenvalue weighted by Gasteiger charge is -2.10. The van der Waals surface area contributed by atoms with E-state index in [4.69, 9.17) is 4.74 Å². The summed E-state index contributed by atoms with van der Waals surface area (Å²) in [6.07, 6.45) is 2.73. The van der Waals surface area contributed by atoms with E-state index in [0.717, 1.165) is 32.4 Å². The number of rotatable bonds is 10. The summed E-state index contributed by atoms with van der Waals surface area (Å²) in [4.78, 5) is 12.8. The Morgan fingerprint density at radius 3 is 2.00 bits per heavy atom. The third kappa shape index (κ3) is 5.13. The maximum absolute atomic E-state index is 5.60. The van der Waals surface area contributed by atoms with Gasteiger partial charge in [0.05, 0.1) is 6.61 Å². The van der Waals surface area contributed by atoms with Crippen molar-refractivity contribution in [3.05, 3.63) is 0 Å². The molecule has 2 N–H and O–H groups in total. The van der Waals surface area contributed by atoms with E-state index in [1.54, 1.807) is 0 Å². The van der Waals surface area contributed by atoms with Crippen molar-refractivity contribution in [2.24, 2.45) is 10.2 Å². The average Bonchev–Trinajstić information content (AvgIpc) is 3.20. The third-order valence-corrected chi connectivity index (χ3v) is 2.93. The molecule has 0 spiro atoms. The molecule has 0 atom stereocenters. The monoisotopic (exact) mass is 293 g/mol. The topological polar surface area (TPSA) is 96.7 Å². The molecule has 0 radical (unpaired) electrons. The maximum Gasteiger partial charge on any atom is 0.323 e. The lowest BCUT2D eigenvalue weighted by Crippen LogP contribution is -2.14. The van der Waals surface area contributed by atoms with Crippen LogP contribution in [-0.4, -0.2) is 40.3 Å². The molecule has 2 heterocycles. The molecular weight excluding hydrogens is 270 g/mol. The molecule has 8 nitrogen and oxygen atoms in total. The molecule has 1 aliphatic heterocycles. The zero-order chi connectivity index (χ0) is 15.1. The van der Waals surface area contributed by atoms with Crippen molar-refractivity contribution in [2.75, 3.05) is 30.3 Å². The summed E-state index contributed by atoms with van der Waals surface area (Å²) in [6, 6.07) is 0.325. The second-order valence-corrected chi connectivity index (χ2v) is 5.13. The molecule has 0 saturated heterocycles. The van der Waals surface area contributed by atoms with Crippen LogP contribution < -0.4 is 15.4 Å². The Kier molecular flexibility index (Phi) is 5.24. The van der Waals surface area contributed by atoms with Gasteiger partial charge in [0.15, 0.2) is 5.66 Å². The number of anilines is 2. The van der Waals surface area contributed by atoms with Gasteiger partial charge in [-0.3, -0.25) is 0 Å². The Bertz CT molecular complexity index is 459. The van der Waals surface area contributed by atoms with Crippen molar-refractivity contribution in [1.82, 2.24) is 15.0 Å². The fourth-order valence-corrected chi connectivity index (χ4v) is 1.57. The van der Waals surface area contributed by atoms with Crippen LogP contribution >= 0.6 is 0 Å². The first kappa shape index (κ1) is 15.4. The predicted octanol–water partition coefficient (Wildman–Crippen LogP) is 2.47. The van der Waals surface area contributed by atoms with Gasteiger partial charge < -0.3 is 15.4 Å². The van der Waals surface area contributed by atoms with Gasteiger partial charge in [-0.2, -0.15) is 25.2 Å². The first-order valence-corrected chi connectivity index (χ1v) is 7.46. The molecule has 8 heteroatoms. The number of nitrogens with zero attached hydrogens (tertiary/aromatic N) is 5. The molecule has 1 aromatic heterocycles. The van der Waals surface area contributed by atoms with Crippen LogP contribution in [0.4, 0.5) is 11.9 Å². The van der Waals surface area contributed by atoms with Gasteiger partial charge in [0, 0.05) is 19.5 Å². The van der Waals surface area contributed by atoms with Crippen LogP contribution in [0.25, 0.3) is 0 Å². The molecular formula is C13H23N7O. The highest BCUT2D eigenvalue weighted by Gasteiger charge is 2.33. The molecule has 0 saturated carbocycles. The lowest BCUT2D eigenvalue weighted by atomic mass is 10.2. The molecule has 0 aliphatic carbocycles. The van der Waals surface area contributed by atoms with E-state index in [1.165, 1.54) is 0 Å². The highest BCUT2D eigenvalue weighted by Crippen LogP contribution is 2.30. The Hall–Kier alpha value is -1.99. The number of nitrogens with one attached hydrogen (secondary N) is 2. The molecule has 1 aromatic rings. The molecule has 0 fully saturated rings. The van der Waals surface area contributed by atoms with Crippen LogP contribution in [0.3, 0.4) is 0 Å². The summed E-state index contributed by atoms with van der Waals surface area (Å²) in [5.74, 6) is 1.07.